The molecule has 4 nitrogen and oxygen atoms in total. The maximum atomic E-state index is 11.3. The van der Waals surface area contributed by atoms with Gasteiger partial charge in [-0.25, -0.2) is 8.42 Å². The zero-order chi connectivity index (χ0) is 12.3. The van der Waals surface area contributed by atoms with Gasteiger partial charge in [0.15, 0.2) is 9.84 Å². The normalized spacial score (nSPS) is 15.8. The summed E-state index contributed by atoms with van der Waals surface area (Å²) in [6.45, 7) is -0.601. The average molecular weight is 309 g/mol. The van der Waals surface area contributed by atoms with Crippen molar-refractivity contribution < 1.29 is 18.6 Å². The smallest absolute Gasteiger partial charge is 0.155 e. The number of aliphatic hydroxyl groups is 2. The van der Waals surface area contributed by atoms with E-state index in [2.05, 4.69) is 15.9 Å². The Kier molecular flexibility index (Phi) is 4.49. The minimum atomic E-state index is -3.48. The van der Waals surface area contributed by atoms with E-state index in [4.69, 9.17) is 5.11 Å². The average Bonchev–Trinajstić information content (AvgIpc) is 2.17. The van der Waals surface area contributed by atoms with E-state index in [1.807, 2.05) is 0 Å². The van der Waals surface area contributed by atoms with E-state index in [1.54, 1.807) is 24.3 Å². The van der Waals surface area contributed by atoms with Crippen LogP contribution in [-0.2, 0) is 9.84 Å². The van der Waals surface area contributed by atoms with Crippen LogP contribution in [0.1, 0.15) is 11.7 Å². The largest absolute Gasteiger partial charge is 0.395 e. The molecule has 0 aliphatic heterocycles. The first-order valence-corrected chi connectivity index (χ1v) is 7.34. The number of benzene rings is 1. The number of sulfone groups is 1. The second-order valence-electron chi connectivity index (χ2n) is 3.55. The minimum absolute atomic E-state index is 0.465. The number of aliphatic hydroxyl groups excluding tert-OH is 2. The Labute approximate surface area is 103 Å². The minimum Gasteiger partial charge on any atom is -0.395 e. The van der Waals surface area contributed by atoms with Crippen molar-refractivity contribution in [1.82, 2.24) is 0 Å². The van der Waals surface area contributed by atoms with Gasteiger partial charge in [-0.1, -0.05) is 28.1 Å². The lowest BCUT2D eigenvalue weighted by Crippen LogP contribution is -2.31. The monoisotopic (exact) mass is 308 g/mol. The lowest BCUT2D eigenvalue weighted by atomic mass is 10.1. The van der Waals surface area contributed by atoms with Crippen LogP contribution in [0.3, 0.4) is 0 Å². The van der Waals surface area contributed by atoms with Gasteiger partial charge in [0.05, 0.1) is 12.7 Å². The molecule has 1 aromatic rings. The molecule has 0 heterocycles. The maximum absolute atomic E-state index is 11.3. The van der Waals surface area contributed by atoms with Gasteiger partial charge in [0.1, 0.15) is 5.25 Å². The molecule has 0 unspecified atom stereocenters. The first-order valence-electron chi connectivity index (χ1n) is 4.59. The van der Waals surface area contributed by atoms with Crippen LogP contribution in [0, 0.1) is 0 Å². The second kappa shape index (κ2) is 5.27. The van der Waals surface area contributed by atoms with Crippen molar-refractivity contribution in [2.45, 2.75) is 11.4 Å². The van der Waals surface area contributed by atoms with E-state index < -0.39 is 27.8 Å². The van der Waals surface area contributed by atoms with Crippen molar-refractivity contribution in [2.24, 2.45) is 0 Å². The van der Waals surface area contributed by atoms with Crippen molar-refractivity contribution in [3.8, 4) is 0 Å². The number of hydrogen-bond donors (Lipinski definition) is 2. The van der Waals surface area contributed by atoms with Crippen LogP contribution in [0.5, 0.6) is 0 Å². The van der Waals surface area contributed by atoms with E-state index >= 15 is 0 Å². The highest BCUT2D eigenvalue weighted by atomic mass is 79.9. The molecule has 0 fully saturated rings. The molecule has 0 spiro atoms. The van der Waals surface area contributed by atoms with Crippen LogP contribution in [-0.4, -0.2) is 36.7 Å². The molecule has 2 N–H and O–H groups in total. The van der Waals surface area contributed by atoms with Crippen LogP contribution in [0.2, 0.25) is 0 Å². The first-order chi connectivity index (χ1) is 7.36. The second-order valence-corrected chi connectivity index (χ2v) is 6.73. The van der Waals surface area contributed by atoms with Crippen LogP contribution in [0.25, 0.3) is 0 Å². The summed E-state index contributed by atoms with van der Waals surface area (Å²) in [7, 11) is -3.48. The zero-order valence-corrected chi connectivity index (χ0v) is 11.1. The van der Waals surface area contributed by atoms with Gasteiger partial charge in [-0.3, -0.25) is 0 Å². The Morgan fingerprint density at radius 3 is 2.19 bits per heavy atom. The molecule has 16 heavy (non-hydrogen) atoms. The lowest BCUT2D eigenvalue weighted by Gasteiger charge is -2.19. The number of rotatable bonds is 4. The standard InChI is InChI=1S/C10H13BrO4S/c1-16(14,15)9(6-12)10(13)7-2-4-8(11)5-3-7/h2-5,9-10,12-13H,6H2,1H3/t9-,10+/m0/s1. The third-order valence-corrected chi connectivity index (χ3v) is 4.33. The predicted molar refractivity (Wildman–Crippen MR) is 64.8 cm³/mol. The van der Waals surface area contributed by atoms with Crippen LogP contribution in [0.15, 0.2) is 28.7 Å². The van der Waals surface area contributed by atoms with Crippen molar-refractivity contribution in [3.63, 3.8) is 0 Å². The van der Waals surface area contributed by atoms with Crippen LogP contribution in [0.4, 0.5) is 0 Å². The summed E-state index contributed by atoms with van der Waals surface area (Å²) in [4.78, 5) is 0. The third-order valence-electron chi connectivity index (χ3n) is 2.29. The van der Waals surface area contributed by atoms with E-state index in [1.165, 1.54) is 0 Å². The molecule has 2 atom stereocenters. The molecule has 1 aromatic carbocycles. The molecule has 0 saturated heterocycles. The Morgan fingerprint density at radius 2 is 1.81 bits per heavy atom. The molecule has 90 valence electrons. The summed E-state index contributed by atoms with van der Waals surface area (Å²) >= 11 is 3.24. The van der Waals surface area contributed by atoms with Gasteiger partial charge in [-0.05, 0) is 17.7 Å². The van der Waals surface area contributed by atoms with E-state index in [-0.39, 0.29) is 0 Å². The summed E-state index contributed by atoms with van der Waals surface area (Å²) in [5, 5.41) is 17.7. The van der Waals surface area contributed by atoms with Crippen molar-refractivity contribution in [3.05, 3.63) is 34.3 Å². The maximum Gasteiger partial charge on any atom is 0.155 e. The Morgan fingerprint density at radius 1 is 1.31 bits per heavy atom. The third kappa shape index (κ3) is 3.28. The van der Waals surface area contributed by atoms with Gasteiger partial charge in [0, 0.05) is 10.7 Å². The summed E-state index contributed by atoms with van der Waals surface area (Å²) in [5.74, 6) is 0. The molecular weight excluding hydrogens is 296 g/mol. The van der Waals surface area contributed by atoms with E-state index in [9.17, 15) is 13.5 Å². The molecule has 0 radical (unpaired) electrons. The van der Waals surface area contributed by atoms with Gasteiger partial charge >= 0.3 is 0 Å². The van der Waals surface area contributed by atoms with E-state index in [0.29, 0.717) is 5.56 Å². The van der Waals surface area contributed by atoms with Gasteiger partial charge < -0.3 is 10.2 Å². The highest BCUT2D eigenvalue weighted by Gasteiger charge is 2.29. The fraction of sp³-hybridized carbons (Fsp3) is 0.400. The van der Waals surface area contributed by atoms with Gasteiger partial charge in [-0.2, -0.15) is 0 Å². The van der Waals surface area contributed by atoms with Gasteiger partial charge in [-0.15, -0.1) is 0 Å². The van der Waals surface area contributed by atoms with Crippen molar-refractivity contribution in [1.29, 1.82) is 0 Å². The van der Waals surface area contributed by atoms with Crippen LogP contribution < -0.4 is 0 Å². The van der Waals surface area contributed by atoms with Crippen molar-refractivity contribution in [2.75, 3.05) is 12.9 Å². The quantitative estimate of drug-likeness (QED) is 0.866. The summed E-state index contributed by atoms with van der Waals surface area (Å²) in [6, 6.07) is 6.63. The molecule has 0 aromatic heterocycles. The Balaban J connectivity index is 3.00. The molecular formula is C10H13BrO4S. The van der Waals surface area contributed by atoms with Gasteiger partial charge in [0.2, 0.25) is 0 Å². The van der Waals surface area contributed by atoms with E-state index in [0.717, 1.165) is 10.7 Å². The molecule has 0 bridgehead atoms. The highest BCUT2D eigenvalue weighted by molar-refractivity contribution is 9.10. The van der Waals surface area contributed by atoms with Gasteiger partial charge in [0.25, 0.3) is 0 Å². The molecule has 0 aliphatic rings. The SMILES string of the molecule is CS(=O)(=O)[C@@H](CO)[C@H](O)c1ccc(Br)cc1. The summed E-state index contributed by atoms with van der Waals surface area (Å²) in [6.07, 6.45) is -0.219. The predicted octanol–water partition coefficient (Wildman–Crippen LogP) is 0.888. The molecule has 0 aliphatic carbocycles. The zero-order valence-electron chi connectivity index (χ0n) is 8.67. The molecule has 0 amide bonds. The number of halogens is 1. The Hall–Kier alpha value is -0.430. The first kappa shape index (κ1) is 13.6. The molecule has 0 saturated carbocycles. The highest BCUT2D eigenvalue weighted by Crippen LogP contribution is 2.23. The number of hydrogen-bond acceptors (Lipinski definition) is 4. The molecule has 1 rings (SSSR count). The molecule has 6 heteroatoms. The van der Waals surface area contributed by atoms with Crippen molar-refractivity contribution >= 4 is 25.8 Å². The summed E-state index contributed by atoms with van der Waals surface area (Å²) in [5.41, 5.74) is 0.465. The Bertz CT molecular complexity index is 440. The topological polar surface area (TPSA) is 74.6 Å². The van der Waals surface area contributed by atoms with Crippen LogP contribution >= 0.6 is 15.9 Å². The fourth-order valence-electron chi connectivity index (χ4n) is 1.34. The lowest BCUT2D eigenvalue weighted by molar-refractivity contribution is 0.138. The fourth-order valence-corrected chi connectivity index (χ4v) is 2.50. The summed E-state index contributed by atoms with van der Waals surface area (Å²) < 4.78 is 23.5.